The van der Waals surface area contributed by atoms with Gasteiger partial charge in [-0.15, -0.1) is 0 Å². The third kappa shape index (κ3) is 5.33. The molecule has 0 bridgehead atoms. The normalized spacial score (nSPS) is 14.8. The molecule has 0 aromatic heterocycles. The number of hydrogen-bond donors (Lipinski definition) is 1. The Kier molecular flexibility index (Phi) is 6.70. The van der Waals surface area contributed by atoms with Gasteiger partial charge in [0, 0.05) is 13.1 Å². The Morgan fingerprint density at radius 3 is 2.32 bits per heavy atom. The van der Waals surface area contributed by atoms with E-state index in [0.717, 1.165) is 24.0 Å². The Morgan fingerprint density at radius 1 is 1.04 bits per heavy atom. The van der Waals surface area contributed by atoms with Crippen molar-refractivity contribution in [2.24, 2.45) is 0 Å². The fourth-order valence-corrected chi connectivity index (χ4v) is 4.62. The Bertz CT molecular complexity index is 887. The van der Waals surface area contributed by atoms with Crippen molar-refractivity contribution in [3.8, 4) is 5.75 Å². The quantitative estimate of drug-likeness (QED) is 0.689. The minimum Gasteiger partial charge on any atom is -0.492 e. The molecule has 1 aliphatic heterocycles. The molecule has 6 nitrogen and oxygen atoms in total. The fraction of sp³-hybridized carbons (Fsp3) is 0.381. The Labute approximate surface area is 166 Å². The molecule has 1 aliphatic rings. The summed E-state index contributed by atoms with van der Waals surface area (Å²) >= 11 is 0. The molecule has 2 aromatic carbocycles. The molecule has 1 heterocycles. The number of nitrogens with zero attached hydrogens (tertiary/aromatic N) is 1. The van der Waals surface area contributed by atoms with Crippen molar-refractivity contribution < 1.29 is 17.9 Å². The number of carbonyl (C=O) groups is 1. The molecule has 150 valence electrons. The predicted octanol–water partition coefficient (Wildman–Crippen LogP) is 2.52. The number of carbonyl (C=O) groups excluding carboxylic acids is 1. The zero-order valence-corrected chi connectivity index (χ0v) is 16.9. The molecule has 1 saturated heterocycles. The minimum absolute atomic E-state index is 0.0560. The second kappa shape index (κ2) is 9.21. The Balaban J connectivity index is 1.42. The number of sulfonamides is 1. The van der Waals surface area contributed by atoms with Crippen LogP contribution in [0.25, 0.3) is 0 Å². The maximum Gasteiger partial charge on any atom is 0.243 e. The van der Waals surface area contributed by atoms with Crippen LogP contribution in [-0.4, -0.2) is 44.9 Å². The van der Waals surface area contributed by atoms with Gasteiger partial charge in [-0.3, -0.25) is 4.79 Å². The van der Waals surface area contributed by atoms with Crippen LogP contribution in [0, 0.1) is 6.92 Å². The molecular formula is C21H26N2O4S. The van der Waals surface area contributed by atoms with Gasteiger partial charge in [-0.05, 0) is 49.6 Å². The van der Waals surface area contributed by atoms with Crippen molar-refractivity contribution in [2.45, 2.75) is 31.1 Å². The molecular weight excluding hydrogens is 376 g/mol. The van der Waals surface area contributed by atoms with E-state index in [9.17, 15) is 13.2 Å². The molecule has 1 N–H and O–H groups in total. The van der Waals surface area contributed by atoms with E-state index in [1.807, 2.05) is 31.2 Å². The van der Waals surface area contributed by atoms with Crippen molar-refractivity contribution in [2.75, 3.05) is 26.2 Å². The van der Waals surface area contributed by atoms with Crippen LogP contribution in [0.3, 0.4) is 0 Å². The highest BCUT2D eigenvalue weighted by Gasteiger charge is 2.26. The summed E-state index contributed by atoms with van der Waals surface area (Å²) in [5.41, 5.74) is 2.13. The fourth-order valence-electron chi connectivity index (χ4n) is 3.10. The van der Waals surface area contributed by atoms with Gasteiger partial charge in [0.15, 0.2) is 0 Å². The highest BCUT2D eigenvalue weighted by atomic mass is 32.2. The van der Waals surface area contributed by atoms with E-state index in [-0.39, 0.29) is 10.8 Å². The molecule has 0 atom stereocenters. The second-order valence-corrected chi connectivity index (χ2v) is 8.88. The van der Waals surface area contributed by atoms with Crippen molar-refractivity contribution in [3.63, 3.8) is 0 Å². The Hall–Kier alpha value is -2.38. The molecule has 1 fully saturated rings. The summed E-state index contributed by atoms with van der Waals surface area (Å²) in [5.74, 6) is 0.521. The lowest BCUT2D eigenvalue weighted by molar-refractivity contribution is -0.120. The topological polar surface area (TPSA) is 75.7 Å². The lowest BCUT2D eigenvalue weighted by atomic mass is 10.1. The third-order valence-electron chi connectivity index (χ3n) is 4.70. The first kappa shape index (κ1) is 20.4. The largest absolute Gasteiger partial charge is 0.492 e. The second-order valence-electron chi connectivity index (χ2n) is 6.94. The average Bonchev–Trinajstić information content (AvgIpc) is 3.23. The molecule has 28 heavy (non-hydrogen) atoms. The maximum atomic E-state index is 12.5. The van der Waals surface area contributed by atoms with Gasteiger partial charge in [-0.2, -0.15) is 4.31 Å². The summed E-state index contributed by atoms with van der Waals surface area (Å²) in [6.07, 6.45) is 2.16. The molecule has 7 heteroatoms. The van der Waals surface area contributed by atoms with Gasteiger partial charge in [0.05, 0.1) is 17.9 Å². The van der Waals surface area contributed by atoms with E-state index in [0.29, 0.717) is 38.4 Å². The standard InChI is InChI=1S/C21H26N2O4S/c1-17-4-6-18(7-5-17)16-21(24)22-12-15-27-19-8-10-20(11-9-19)28(25,26)23-13-2-3-14-23/h4-11H,2-3,12-16H2,1H3,(H,22,24). The lowest BCUT2D eigenvalue weighted by Gasteiger charge is -2.15. The van der Waals surface area contributed by atoms with Crippen LogP contribution in [0.15, 0.2) is 53.4 Å². The third-order valence-corrected chi connectivity index (χ3v) is 6.62. The first-order valence-electron chi connectivity index (χ1n) is 9.50. The van der Waals surface area contributed by atoms with Gasteiger partial charge in [0.1, 0.15) is 12.4 Å². The summed E-state index contributed by atoms with van der Waals surface area (Å²) < 4.78 is 32.1. The average molecular weight is 403 g/mol. The highest BCUT2D eigenvalue weighted by Crippen LogP contribution is 2.22. The number of nitrogens with one attached hydrogen (secondary N) is 1. The number of benzene rings is 2. The maximum absolute atomic E-state index is 12.5. The first-order chi connectivity index (χ1) is 13.4. The van der Waals surface area contributed by atoms with Crippen molar-refractivity contribution in [1.82, 2.24) is 9.62 Å². The monoisotopic (exact) mass is 402 g/mol. The van der Waals surface area contributed by atoms with E-state index in [1.165, 1.54) is 4.31 Å². The smallest absolute Gasteiger partial charge is 0.243 e. The summed E-state index contributed by atoms with van der Waals surface area (Å²) in [5, 5.41) is 2.82. The number of hydrogen-bond acceptors (Lipinski definition) is 4. The van der Waals surface area contributed by atoms with Gasteiger partial charge in [0.2, 0.25) is 15.9 Å². The highest BCUT2D eigenvalue weighted by molar-refractivity contribution is 7.89. The zero-order chi connectivity index (χ0) is 20.0. The molecule has 3 rings (SSSR count). The predicted molar refractivity (Wildman–Crippen MR) is 108 cm³/mol. The van der Waals surface area contributed by atoms with Crippen LogP contribution in [0.4, 0.5) is 0 Å². The van der Waals surface area contributed by atoms with Gasteiger partial charge in [-0.1, -0.05) is 29.8 Å². The number of aryl methyl sites for hydroxylation is 1. The molecule has 0 unspecified atom stereocenters. The molecule has 0 aliphatic carbocycles. The van der Waals surface area contributed by atoms with E-state index in [2.05, 4.69) is 5.32 Å². The van der Waals surface area contributed by atoms with Crippen LogP contribution in [0.2, 0.25) is 0 Å². The van der Waals surface area contributed by atoms with Gasteiger partial charge in [0.25, 0.3) is 0 Å². The van der Waals surface area contributed by atoms with E-state index in [1.54, 1.807) is 24.3 Å². The van der Waals surface area contributed by atoms with Gasteiger partial charge in [-0.25, -0.2) is 8.42 Å². The summed E-state index contributed by atoms with van der Waals surface area (Å²) in [6.45, 7) is 3.89. The minimum atomic E-state index is -3.40. The SMILES string of the molecule is Cc1ccc(CC(=O)NCCOc2ccc(S(=O)(=O)N3CCCC3)cc2)cc1. The van der Waals surface area contributed by atoms with Crippen LogP contribution >= 0.6 is 0 Å². The number of ether oxygens (including phenoxy) is 1. The summed E-state index contributed by atoms with van der Waals surface area (Å²) in [7, 11) is -3.40. The molecule has 1 amide bonds. The number of rotatable bonds is 8. The molecule has 2 aromatic rings. The van der Waals surface area contributed by atoms with Crippen molar-refractivity contribution in [3.05, 3.63) is 59.7 Å². The van der Waals surface area contributed by atoms with Gasteiger partial charge >= 0.3 is 0 Å². The zero-order valence-electron chi connectivity index (χ0n) is 16.1. The van der Waals surface area contributed by atoms with E-state index < -0.39 is 10.0 Å². The molecule has 0 saturated carbocycles. The van der Waals surface area contributed by atoms with E-state index in [4.69, 9.17) is 4.74 Å². The molecule has 0 spiro atoms. The van der Waals surface area contributed by atoms with Crippen LogP contribution in [0.1, 0.15) is 24.0 Å². The summed E-state index contributed by atoms with van der Waals surface area (Å²) in [6, 6.07) is 14.3. The van der Waals surface area contributed by atoms with Crippen molar-refractivity contribution in [1.29, 1.82) is 0 Å². The Morgan fingerprint density at radius 2 is 1.68 bits per heavy atom. The van der Waals surface area contributed by atoms with Crippen LogP contribution in [0.5, 0.6) is 5.75 Å². The van der Waals surface area contributed by atoms with Crippen LogP contribution in [-0.2, 0) is 21.2 Å². The van der Waals surface area contributed by atoms with Gasteiger partial charge < -0.3 is 10.1 Å². The van der Waals surface area contributed by atoms with Crippen molar-refractivity contribution >= 4 is 15.9 Å². The number of amides is 1. The lowest BCUT2D eigenvalue weighted by Crippen LogP contribution is -2.29. The summed E-state index contributed by atoms with van der Waals surface area (Å²) in [4.78, 5) is 12.2. The molecule has 0 radical (unpaired) electrons. The first-order valence-corrected chi connectivity index (χ1v) is 10.9. The van der Waals surface area contributed by atoms with E-state index >= 15 is 0 Å². The van der Waals surface area contributed by atoms with Crippen LogP contribution < -0.4 is 10.1 Å².